The van der Waals surface area contributed by atoms with Gasteiger partial charge in [0.25, 0.3) is 0 Å². The Hall–Kier alpha value is -2.35. The highest BCUT2D eigenvalue weighted by molar-refractivity contribution is 7.90. The number of benzene rings is 1. The predicted octanol–water partition coefficient (Wildman–Crippen LogP) is 2.10. The molecule has 112 valence electrons. The van der Waals surface area contributed by atoms with Crippen molar-refractivity contribution in [2.75, 3.05) is 7.11 Å². The Balaban J connectivity index is 2.28. The molecule has 0 saturated heterocycles. The van der Waals surface area contributed by atoms with E-state index in [0.717, 1.165) is 18.2 Å². The molecule has 0 unspecified atom stereocenters. The van der Waals surface area contributed by atoms with Crippen molar-refractivity contribution in [3.8, 4) is 5.75 Å². The Morgan fingerprint density at radius 1 is 1.33 bits per heavy atom. The largest absolute Gasteiger partial charge is 0.494 e. The Morgan fingerprint density at radius 2 is 2.05 bits per heavy atom. The summed E-state index contributed by atoms with van der Waals surface area (Å²) in [4.78, 5) is 10.7. The maximum Gasteiger partial charge on any atom is 0.371 e. The molecule has 0 aliphatic carbocycles. The van der Waals surface area contributed by atoms with Gasteiger partial charge in [0.1, 0.15) is 0 Å². The van der Waals surface area contributed by atoms with Crippen molar-refractivity contribution >= 4 is 15.8 Å². The van der Waals surface area contributed by atoms with Gasteiger partial charge in [-0.25, -0.2) is 17.6 Å². The summed E-state index contributed by atoms with van der Waals surface area (Å²) >= 11 is 0. The first kappa shape index (κ1) is 15.0. The Kier molecular flexibility index (Phi) is 3.99. The average molecular weight is 314 g/mol. The molecule has 0 fully saturated rings. The third-order valence-electron chi connectivity index (χ3n) is 2.67. The molecule has 0 aliphatic heterocycles. The Labute approximate surface area is 119 Å². The van der Waals surface area contributed by atoms with Crippen LogP contribution < -0.4 is 4.74 Å². The molecule has 1 aromatic heterocycles. The van der Waals surface area contributed by atoms with Gasteiger partial charge in [-0.2, -0.15) is 0 Å². The maximum absolute atomic E-state index is 13.5. The van der Waals surface area contributed by atoms with E-state index in [-0.39, 0.29) is 11.3 Å². The second-order valence-corrected chi connectivity index (χ2v) is 6.07. The monoisotopic (exact) mass is 314 g/mol. The number of rotatable bonds is 5. The van der Waals surface area contributed by atoms with Crippen molar-refractivity contribution in [2.24, 2.45) is 0 Å². The first-order valence-electron chi connectivity index (χ1n) is 5.72. The first-order chi connectivity index (χ1) is 9.83. The molecule has 2 aromatic rings. The molecule has 1 heterocycles. The summed E-state index contributed by atoms with van der Waals surface area (Å²) in [6, 6.07) is 5.85. The van der Waals surface area contributed by atoms with Crippen molar-refractivity contribution in [2.45, 2.75) is 10.8 Å². The molecule has 0 bridgehead atoms. The molecule has 0 radical (unpaired) electrons. The Morgan fingerprint density at radius 3 is 2.57 bits per heavy atom. The van der Waals surface area contributed by atoms with Crippen LogP contribution in [0, 0.1) is 5.82 Å². The van der Waals surface area contributed by atoms with Gasteiger partial charge in [-0.1, -0.05) is 6.07 Å². The van der Waals surface area contributed by atoms with E-state index >= 15 is 0 Å². The summed E-state index contributed by atoms with van der Waals surface area (Å²) in [5, 5.41) is 8.22. The molecule has 0 atom stereocenters. The fourth-order valence-electron chi connectivity index (χ4n) is 1.69. The van der Waals surface area contributed by atoms with Crippen LogP contribution in [0.5, 0.6) is 5.75 Å². The molecule has 21 heavy (non-hydrogen) atoms. The van der Waals surface area contributed by atoms with Gasteiger partial charge in [0.15, 0.2) is 11.6 Å². The van der Waals surface area contributed by atoms with Crippen molar-refractivity contribution in [3.63, 3.8) is 0 Å². The third kappa shape index (κ3) is 3.22. The van der Waals surface area contributed by atoms with E-state index in [4.69, 9.17) is 14.3 Å². The van der Waals surface area contributed by atoms with Crippen LogP contribution in [0.4, 0.5) is 4.39 Å². The minimum absolute atomic E-state index is 0.00214. The number of ether oxygens (including phenoxy) is 1. The van der Waals surface area contributed by atoms with Crippen LogP contribution >= 0.6 is 0 Å². The molecular weight excluding hydrogens is 303 g/mol. The highest BCUT2D eigenvalue weighted by atomic mass is 32.2. The van der Waals surface area contributed by atoms with E-state index in [1.807, 2.05) is 0 Å². The zero-order chi connectivity index (χ0) is 15.6. The zero-order valence-electron chi connectivity index (χ0n) is 10.9. The number of methoxy groups -OCH3 is 1. The van der Waals surface area contributed by atoms with Crippen LogP contribution in [0.15, 0.2) is 39.8 Å². The van der Waals surface area contributed by atoms with E-state index in [2.05, 4.69) is 0 Å². The molecule has 6 nitrogen and oxygen atoms in total. The van der Waals surface area contributed by atoms with Gasteiger partial charge in [0.2, 0.25) is 20.7 Å². The van der Waals surface area contributed by atoms with Crippen LogP contribution in [0.3, 0.4) is 0 Å². The number of aromatic carboxylic acids is 1. The summed E-state index contributed by atoms with van der Waals surface area (Å²) in [5.74, 6) is -3.04. The highest BCUT2D eigenvalue weighted by Crippen LogP contribution is 2.23. The summed E-state index contributed by atoms with van der Waals surface area (Å²) in [6.07, 6.45) is 0. The minimum Gasteiger partial charge on any atom is -0.494 e. The molecular formula is C13H11FO6S. The van der Waals surface area contributed by atoms with Crippen molar-refractivity contribution in [1.82, 2.24) is 0 Å². The standard InChI is InChI=1S/C13H11FO6S/c1-19-10-3-2-8(6-9(10)14)7-21(17,18)12-5-4-11(20-12)13(15)16/h2-6H,7H2,1H3,(H,15,16). The summed E-state index contributed by atoms with van der Waals surface area (Å²) < 4.78 is 47.1. The number of carboxylic acids is 1. The van der Waals surface area contributed by atoms with Gasteiger partial charge >= 0.3 is 5.97 Å². The van der Waals surface area contributed by atoms with E-state index in [1.54, 1.807) is 0 Å². The van der Waals surface area contributed by atoms with Gasteiger partial charge in [-0.3, -0.25) is 0 Å². The molecule has 8 heteroatoms. The highest BCUT2D eigenvalue weighted by Gasteiger charge is 2.22. The number of hydrogen-bond donors (Lipinski definition) is 1. The number of halogens is 1. The number of carboxylic acid groups (broad SMARTS) is 1. The van der Waals surface area contributed by atoms with E-state index in [9.17, 15) is 17.6 Å². The smallest absolute Gasteiger partial charge is 0.371 e. The number of sulfone groups is 1. The molecule has 0 amide bonds. The van der Waals surface area contributed by atoms with Gasteiger partial charge in [0.05, 0.1) is 12.9 Å². The molecule has 0 saturated carbocycles. The predicted molar refractivity (Wildman–Crippen MR) is 69.5 cm³/mol. The molecule has 1 N–H and O–H groups in total. The lowest BCUT2D eigenvalue weighted by Gasteiger charge is -2.05. The minimum atomic E-state index is -3.90. The SMILES string of the molecule is COc1ccc(CS(=O)(=O)c2ccc(C(=O)O)o2)cc1F. The third-order valence-corrected chi connectivity index (χ3v) is 4.22. The Bertz CT molecular complexity index is 778. The lowest BCUT2D eigenvalue weighted by atomic mass is 10.2. The van der Waals surface area contributed by atoms with E-state index in [0.29, 0.717) is 0 Å². The fraction of sp³-hybridized carbons (Fsp3) is 0.154. The van der Waals surface area contributed by atoms with Crippen molar-refractivity contribution in [1.29, 1.82) is 0 Å². The summed E-state index contributed by atoms with van der Waals surface area (Å²) in [5.41, 5.74) is 0.196. The van der Waals surface area contributed by atoms with Crippen molar-refractivity contribution in [3.05, 3.63) is 47.5 Å². The average Bonchev–Trinajstić information content (AvgIpc) is 2.89. The number of furan rings is 1. The quantitative estimate of drug-likeness (QED) is 0.908. The van der Waals surface area contributed by atoms with Crippen LogP contribution in [-0.4, -0.2) is 26.6 Å². The molecule has 0 aliphatic rings. The van der Waals surface area contributed by atoms with Crippen molar-refractivity contribution < 1.29 is 31.9 Å². The lowest BCUT2D eigenvalue weighted by Crippen LogP contribution is -2.04. The van der Waals surface area contributed by atoms with Crippen LogP contribution in [0.1, 0.15) is 16.1 Å². The molecule has 0 spiro atoms. The van der Waals surface area contributed by atoms with Gasteiger partial charge < -0.3 is 14.3 Å². The zero-order valence-corrected chi connectivity index (χ0v) is 11.7. The summed E-state index contributed by atoms with van der Waals surface area (Å²) in [7, 11) is -2.60. The second kappa shape index (κ2) is 5.57. The van der Waals surface area contributed by atoms with Gasteiger partial charge in [0, 0.05) is 0 Å². The lowest BCUT2D eigenvalue weighted by molar-refractivity contribution is 0.0656. The topological polar surface area (TPSA) is 93.8 Å². The number of carbonyl (C=O) groups is 1. The van der Waals surface area contributed by atoms with E-state index in [1.165, 1.54) is 19.2 Å². The van der Waals surface area contributed by atoms with E-state index < -0.39 is 38.2 Å². The fourth-order valence-corrected chi connectivity index (χ4v) is 2.95. The number of hydrogen-bond acceptors (Lipinski definition) is 5. The van der Waals surface area contributed by atoms with Crippen LogP contribution in [0.2, 0.25) is 0 Å². The van der Waals surface area contributed by atoms with Crippen LogP contribution in [0.25, 0.3) is 0 Å². The second-order valence-electron chi connectivity index (χ2n) is 4.15. The van der Waals surface area contributed by atoms with Gasteiger partial charge in [-0.05, 0) is 29.8 Å². The molecule has 2 rings (SSSR count). The van der Waals surface area contributed by atoms with Gasteiger partial charge in [-0.15, -0.1) is 0 Å². The molecule has 1 aromatic carbocycles. The summed E-state index contributed by atoms with van der Waals surface area (Å²) in [6.45, 7) is 0. The maximum atomic E-state index is 13.5. The normalized spacial score (nSPS) is 11.3. The van der Waals surface area contributed by atoms with Crippen LogP contribution in [-0.2, 0) is 15.6 Å². The first-order valence-corrected chi connectivity index (χ1v) is 7.37.